The molecule has 4 nitrogen and oxygen atoms in total. The Balaban J connectivity index is 1.67. The molecule has 0 saturated carbocycles. The van der Waals surface area contributed by atoms with E-state index in [1.165, 1.54) is 5.56 Å². The fourth-order valence-corrected chi connectivity index (χ4v) is 4.04. The highest BCUT2D eigenvalue weighted by molar-refractivity contribution is 7.17. The van der Waals surface area contributed by atoms with Crippen LogP contribution in [0.5, 0.6) is 11.6 Å². The van der Waals surface area contributed by atoms with E-state index in [9.17, 15) is 0 Å². The number of benzene rings is 2. The zero-order valence-electron chi connectivity index (χ0n) is 14.6. The normalized spacial score (nSPS) is 11.1. The monoisotopic (exact) mass is 369 g/mol. The molecule has 0 aliphatic heterocycles. The molecular weight excluding hydrogens is 354 g/mol. The van der Waals surface area contributed by atoms with Crippen molar-refractivity contribution in [2.24, 2.45) is 0 Å². The summed E-state index contributed by atoms with van der Waals surface area (Å²) >= 11 is 1.59. The van der Waals surface area contributed by atoms with Crippen molar-refractivity contribution < 1.29 is 4.74 Å². The van der Waals surface area contributed by atoms with Crippen LogP contribution in [0.3, 0.4) is 0 Å². The molecule has 5 aromatic rings. The third-order valence-corrected chi connectivity index (χ3v) is 5.39. The summed E-state index contributed by atoms with van der Waals surface area (Å²) in [7, 11) is 0. The molecule has 3 aromatic heterocycles. The fourth-order valence-electron chi connectivity index (χ4n) is 3.13. The quantitative estimate of drug-likeness (QED) is 0.391. The van der Waals surface area contributed by atoms with Crippen LogP contribution in [0.4, 0.5) is 0 Å². The molecule has 0 fully saturated rings. The molecule has 0 amide bonds. The Labute approximate surface area is 160 Å². The summed E-state index contributed by atoms with van der Waals surface area (Å²) in [5, 5.41) is 4.07. The summed E-state index contributed by atoms with van der Waals surface area (Å²) in [4.78, 5) is 14.2. The molecule has 0 spiro atoms. The number of ether oxygens (including phenoxy) is 1. The Morgan fingerprint density at radius 3 is 2.63 bits per heavy atom. The number of para-hydroxylation sites is 1. The molecule has 5 heteroatoms. The van der Waals surface area contributed by atoms with Gasteiger partial charge in [0.05, 0.1) is 5.39 Å². The summed E-state index contributed by atoms with van der Waals surface area (Å²) in [6.45, 7) is 2.08. The van der Waals surface area contributed by atoms with Gasteiger partial charge in [-0.05, 0) is 24.6 Å². The molecule has 0 atom stereocenters. The topological polar surface area (TPSA) is 47.9 Å². The van der Waals surface area contributed by atoms with Gasteiger partial charge in [-0.1, -0.05) is 48.0 Å². The van der Waals surface area contributed by atoms with Crippen LogP contribution in [0, 0.1) is 6.92 Å². The fraction of sp³-hybridized carbons (Fsp3) is 0.0455. The van der Waals surface area contributed by atoms with Crippen LogP contribution in [-0.4, -0.2) is 15.0 Å². The molecule has 0 saturated heterocycles. The second kappa shape index (κ2) is 6.45. The lowest BCUT2D eigenvalue weighted by atomic mass is 10.0. The van der Waals surface area contributed by atoms with E-state index < -0.39 is 0 Å². The Bertz CT molecular complexity index is 1260. The van der Waals surface area contributed by atoms with E-state index in [0.717, 1.165) is 32.2 Å². The predicted octanol–water partition coefficient (Wildman–Crippen LogP) is 6.01. The zero-order valence-corrected chi connectivity index (χ0v) is 15.4. The van der Waals surface area contributed by atoms with Gasteiger partial charge in [-0.25, -0.2) is 9.97 Å². The summed E-state index contributed by atoms with van der Waals surface area (Å²) in [6.07, 6.45) is 3.32. The molecule has 27 heavy (non-hydrogen) atoms. The number of rotatable bonds is 3. The summed E-state index contributed by atoms with van der Waals surface area (Å²) in [5.74, 6) is 1.24. The minimum Gasteiger partial charge on any atom is -0.436 e. The van der Waals surface area contributed by atoms with Crippen LogP contribution >= 0.6 is 11.3 Å². The second-order valence-electron chi connectivity index (χ2n) is 6.31. The molecular formula is C22H15N3OS. The highest BCUT2D eigenvalue weighted by Crippen LogP contribution is 2.39. The van der Waals surface area contributed by atoms with E-state index >= 15 is 0 Å². The largest absolute Gasteiger partial charge is 0.436 e. The number of hydrogen-bond acceptors (Lipinski definition) is 5. The Hall–Kier alpha value is -3.31. The maximum atomic E-state index is 6.24. The Kier molecular flexibility index (Phi) is 3.80. The smallest absolute Gasteiger partial charge is 0.231 e. The highest BCUT2D eigenvalue weighted by Gasteiger charge is 2.16. The van der Waals surface area contributed by atoms with Gasteiger partial charge in [-0.15, -0.1) is 11.3 Å². The maximum absolute atomic E-state index is 6.24. The standard InChI is InChI=1S/C22H15N3OS/c1-14-7-9-15(10-8-14)17-12-27-22-19(17)21(24-13-25-22)26-18-6-2-4-16-5-3-11-23-20(16)18/h2-13H,1H3. The van der Waals surface area contributed by atoms with E-state index in [2.05, 4.69) is 51.5 Å². The Morgan fingerprint density at radius 1 is 0.889 bits per heavy atom. The lowest BCUT2D eigenvalue weighted by Crippen LogP contribution is -1.92. The van der Waals surface area contributed by atoms with Crippen molar-refractivity contribution in [2.45, 2.75) is 6.92 Å². The van der Waals surface area contributed by atoms with Gasteiger partial charge in [0, 0.05) is 22.5 Å². The van der Waals surface area contributed by atoms with E-state index in [0.29, 0.717) is 11.6 Å². The van der Waals surface area contributed by atoms with Crippen LogP contribution < -0.4 is 4.74 Å². The molecule has 5 rings (SSSR count). The van der Waals surface area contributed by atoms with E-state index in [1.807, 2.05) is 30.3 Å². The van der Waals surface area contributed by atoms with Gasteiger partial charge in [-0.3, -0.25) is 4.98 Å². The minimum atomic E-state index is 0.551. The van der Waals surface area contributed by atoms with Crippen molar-refractivity contribution >= 4 is 32.5 Å². The van der Waals surface area contributed by atoms with Crippen molar-refractivity contribution in [3.05, 3.63) is 78.1 Å². The summed E-state index contributed by atoms with van der Waals surface area (Å²) in [6, 6.07) is 18.3. The lowest BCUT2D eigenvalue weighted by Gasteiger charge is -2.09. The Morgan fingerprint density at radius 2 is 1.74 bits per heavy atom. The van der Waals surface area contributed by atoms with Crippen LogP contribution in [0.1, 0.15) is 5.56 Å². The van der Waals surface area contributed by atoms with Crippen molar-refractivity contribution in [1.29, 1.82) is 0 Å². The summed E-state index contributed by atoms with van der Waals surface area (Å²) in [5.41, 5.74) is 4.26. The first-order valence-electron chi connectivity index (χ1n) is 8.60. The third kappa shape index (κ3) is 2.82. The van der Waals surface area contributed by atoms with E-state index in [4.69, 9.17) is 4.74 Å². The number of thiophene rings is 1. The first kappa shape index (κ1) is 15.9. The average molecular weight is 369 g/mol. The van der Waals surface area contributed by atoms with Gasteiger partial charge < -0.3 is 4.74 Å². The van der Waals surface area contributed by atoms with Gasteiger partial charge >= 0.3 is 0 Å². The molecule has 0 aliphatic carbocycles. The van der Waals surface area contributed by atoms with Crippen LogP contribution in [0.15, 0.2) is 72.5 Å². The molecule has 2 aromatic carbocycles. The van der Waals surface area contributed by atoms with Crippen molar-refractivity contribution in [3.8, 4) is 22.8 Å². The van der Waals surface area contributed by atoms with Gasteiger partial charge in [0.1, 0.15) is 16.7 Å². The number of aromatic nitrogens is 3. The lowest BCUT2D eigenvalue weighted by molar-refractivity contribution is 0.473. The SMILES string of the molecule is Cc1ccc(-c2csc3ncnc(Oc4cccc5cccnc45)c23)cc1. The van der Waals surface area contributed by atoms with Gasteiger partial charge in [-0.2, -0.15) is 0 Å². The highest BCUT2D eigenvalue weighted by atomic mass is 32.1. The van der Waals surface area contributed by atoms with Crippen LogP contribution in [0.25, 0.3) is 32.2 Å². The molecule has 3 heterocycles. The van der Waals surface area contributed by atoms with Crippen LogP contribution in [0.2, 0.25) is 0 Å². The molecule has 0 unspecified atom stereocenters. The van der Waals surface area contributed by atoms with Gasteiger partial charge in [0.25, 0.3) is 0 Å². The van der Waals surface area contributed by atoms with Gasteiger partial charge in [0.2, 0.25) is 5.88 Å². The molecule has 0 radical (unpaired) electrons. The zero-order chi connectivity index (χ0) is 18.2. The summed E-state index contributed by atoms with van der Waals surface area (Å²) < 4.78 is 6.24. The van der Waals surface area contributed by atoms with Crippen molar-refractivity contribution in [3.63, 3.8) is 0 Å². The number of hydrogen-bond donors (Lipinski definition) is 0. The molecule has 0 N–H and O–H groups in total. The maximum Gasteiger partial charge on any atom is 0.231 e. The third-order valence-electron chi connectivity index (χ3n) is 4.50. The first-order valence-corrected chi connectivity index (χ1v) is 9.48. The number of aryl methyl sites for hydroxylation is 1. The van der Waals surface area contributed by atoms with Crippen LogP contribution in [-0.2, 0) is 0 Å². The molecule has 0 aliphatic rings. The first-order chi connectivity index (χ1) is 13.3. The van der Waals surface area contributed by atoms with Crippen molar-refractivity contribution in [1.82, 2.24) is 15.0 Å². The molecule has 130 valence electrons. The average Bonchev–Trinajstić information content (AvgIpc) is 3.14. The molecule has 0 bridgehead atoms. The minimum absolute atomic E-state index is 0.551. The second-order valence-corrected chi connectivity index (χ2v) is 7.17. The van der Waals surface area contributed by atoms with E-state index in [-0.39, 0.29) is 0 Å². The van der Waals surface area contributed by atoms with E-state index in [1.54, 1.807) is 23.9 Å². The van der Waals surface area contributed by atoms with Crippen molar-refractivity contribution in [2.75, 3.05) is 0 Å². The number of fused-ring (bicyclic) bond motifs is 2. The number of nitrogens with zero attached hydrogens (tertiary/aromatic N) is 3. The predicted molar refractivity (Wildman–Crippen MR) is 109 cm³/mol. The van der Waals surface area contributed by atoms with Gasteiger partial charge in [0.15, 0.2) is 5.75 Å². The number of pyridine rings is 1.